The van der Waals surface area contributed by atoms with Gasteiger partial charge in [-0.15, -0.1) is 0 Å². The average molecular weight is 240 g/mol. The highest BCUT2D eigenvalue weighted by Crippen LogP contribution is 2.19. The molecule has 3 heteroatoms. The zero-order valence-corrected chi connectivity index (χ0v) is 11.3. The molecule has 2 aliphatic heterocycles. The quantitative estimate of drug-likeness (QED) is 0.810. The van der Waals surface area contributed by atoms with E-state index in [0.717, 1.165) is 18.4 Å². The Morgan fingerprint density at radius 2 is 2.06 bits per heavy atom. The smallest absolute Gasteiger partial charge is 0.0502 e. The Morgan fingerprint density at radius 3 is 2.82 bits per heavy atom. The summed E-state index contributed by atoms with van der Waals surface area (Å²) in [6.07, 6.45) is 6.89. The van der Waals surface area contributed by atoms with E-state index in [1.807, 2.05) is 7.11 Å². The van der Waals surface area contributed by atoms with E-state index in [-0.39, 0.29) is 0 Å². The SMILES string of the molecule is COCC1CCCCN(CC2CCCNC2)C1. The van der Waals surface area contributed by atoms with Crippen LogP contribution in [0.3, 0.4) is 0 Å². The van der Waals surface area contributed by atoms with Crippen LogP contribution in [-0.2, 0) is 4.74 Å². The molecule has 0 aromatic carbocycles. The number of hydrogen-bond donors (Lipinski definition) is 1. The third kappa shape index (κ3) is 4.57. The van der Waals surface area contributed by atoms with E-state index < -0.39 is 0 Å². The molecule has 0 amide bonds. The van der Waals surface area contributed by atoms with Crippen molar-refractivity contribution < 1.29 is 4.74 Å². The molecule has 0 saturated carbocycles. The Bertz CT molecular complexity index is 204. The maximum absolute atomic E-state index is 5.34. The molecule has 17 heavy (non-hydrogen) atoms. The lowest BCUT2D eigenvalue weighted by atomic mass is 9.98. The predicted molar refractivity (Wildman–Crippen MR) is 71.3 cm³/mol. The maximum atomic E-state index is 5.34. The summed E-state index contributed by atoms with van der Waals surface area (Å²) in [4.78, 5) is 2.69. The summed E-state index contributed by atoms with van der Waals surface area (Å²) in [6, 6.07) is 0. The number of piperidine rings is 1. The van der Waals surface area contributed by atoms with Crippen LogP contribution in [0, 0.1) is 11.8 Å². The maximum Gasteiger partial charge on any atom is 0.0502 e. The van der Waals surface area contributed by atoms with Gasteiger partial charge in [-0.1, -0.05) is 6.42 Å². The monoisotopic (exact) mass is 240 g/mol. The number of hydrogen-bond acceptors (Lipinski definition) is 3. The van der Waals surface area contributed by atoms with Gasteiger partial charge in [0.05, 0.1) is 6.61 Å². The normalized spacial score (nSPS) is 32.3. The minimum absolute atomic E-state index is 0.763. The zero-order valence-electron chi connectivity index (χ0n) is 11.3. The number of methoxy groups -OCH3 is 1. The Balaban J connectivity index is 1.77. The molecule has 0 radical (unpaired) electrons. The average Bonchev–Trinajstić information content (AvgIpc) is 2.56. The van der Waals surface area contributed by atoms with Crippen molar-refractivity contribution in [1.82, 2.24) is 10.2 Å². The van der Waals surface area contributed by atoms with Gasteiger partial charge in [-0.2, -0.15) is 0 Å². The van der Waals surface area contributed by atoms with E-state index >= 15 is 0 Å². The van der Waals surface area contributed by atoms with Crippen molar-refractivity contribution in [2.75, 3.05) is 46.4 Å². The van der Waals surface area contributed by atoms with Crippen LogP contribution in [0.15, 0.2) is 0 Å². The van der Waals surface area contributed by atoms with Gasteiger partial charge in [-0.25, -0.2) is 0 Å². The lowest BCUT2D eigenvalue weighted by Crippen LogP contribution is -2.40. The minimum Gasteiger partial charge on any atom is -0.384 e. The Hall–Kier alpha value is -0.120. The van der Waals surface area contributed by atoms with Crippen LogP contribution in [0.5, 0.6) is 0 Å². The van der Waals surface area contributed by atoms with E-state index in [9.17, 15) is 0 Å². The summed E-state index contributed by atoms with van der Waals surface area (Å²) in [5.41, 5.74) is 0. The Morgan fingerprint density at radius 1 is 1.18 bits per heavy atom. The predicted octanol–water partition coefficient (Wildman–Crippen LogP) is 1.73. The summed E-state index contributed by atoms with van der Waals surface area (Å²) in [7, 11) is 1.83. The fourth-order valence-electron chi connectivity index (χ4n) is 3.30. The molecule has 0 aromatic rings. The molecule has 0 aliphatic carbocycles. The van der Waals surface area contributed by atoms with Crippen molar-refractivity contribution in [3.8, 4) is 0 Å². The third-order valence-corrected chi connectivity index (χ3v) is 4.17. The lowest BCUT2D eigenvalue weighted by Gasteiger charge is -2.30. The molecule has 0 spiro atoms. The van der Waals surface area contributed by atoms with Crippen LogP contribution < -0.4 is 5.32 Å². The summed E-state index contributed by atoms with van der Waals surface area (Å²) in [6.45, 7) is 7.25. The first-order valence-corrected chi connectivity index (χ1v) is 7.30. The fourth-order valence-corrected chi connectivity index (χ4v) is 3.30. The molecule has 2 aliphatic rings. The summed E-state index contributed by atoms with van der Waals surface area (Å²) in [5, 5.41) is 3.53. The van der Waals surface area contributed by atoms with Gasteiger partial charge in [0.2, 0.25) is 0 Å². The molecule has 2 unspecified atom stereocenters. The second-order valence-corrected chi connectivity index (χ2v) is 5.79. The van der Waals surface area contributed by atoms with Gasteiger partial charge in [0.25, 0.3) is 0 Å². The Labute approximate surface area is 106 Å². The minimum atomic E-state index is 0.763. The third-order valence-electron chi connectivity index (χ3n) is 4.17. The van der Waals surface area contributed by atoms with E-state index in [1.165, 1.54) is 64.8 Å². The van der Waals surface area contributed by atoms with Gasteiger partial charge in [0.1, 0.15) is 0 Å². The van der Waals surface area contributed by atoms with Crippen molar-refractivity contribution in [2.24, 2.45) is 11.8 Å². The number of likely N-dealkylation sites (tertiary alicyclic amines) is 1. The summed E-state index contributed by atoms with van der Waals surface area (Å²) >= 11 is 0. The molecule has 2 rings (SSSR count). The second-order valence-electron chi connectivity index (χ2n) is 5.79. The van der Waals surface area contributed by atoms with Crippen molar-refractivity contribution in [3.05, 3.63) is 0 Å². The first-order chi connectivity index (χ1) is 8.38. The van der Waals surface area contributed by atoms with Crippen molar-refractivity contribution in [1.29, 1.82) is 0 Å². The van der Waals surface area contributed by atoms with Crippen LogP contribution in [0.2, 0.25) is 0 Å². The molecule has 0 bridgehead atoms. The van der Waals surface area contributed by atoms with E-state index in [0.29, 0.717) is 0 Å². The van der Waals surface area contributed by atoms with Crippen molar-refractivity contribution in [3.63, 3.8) is 0 Å². The molecule has 2 fully saturated rings. The van der Waals surface area contributed by atoms with Gasteiger partial charge >= 0.3 is 0 Å². The number of nitrogens with zero attached hydrogens (tertiary/aromatic N) is 1. The van der Waals surface area contributed by atoms with Gasteiger partial charge in [0, 0.05) is 20.2 Å². The lowest BCUT2D eigenvalue weighted by molar-refractivity contribution is 0.117. The number of nitrogens with one attached hydrogen (secondary N) is 1. The van der Waals surface area contributed by atoms with Crippen LogP contribution in [-0.4, -0.2) is 51.3 Å². The van der Waals surface area contributed by atoms with E-state index in [1.54, 1.807) is 0 Å². The molecular formula is C14H28N2O. The van der Waals surface area contributed by atoms with Crippen molar-refractivity contribution in [2.45, 2.75) is 32.1 Å². The van der Waals surface area contributed by atoms with Crippen LogP contribution >= 0.6 is 0 Å². The van der Waals surface area contributed by atoms with Crippen molar-refractivity contribution >= 4 is 0 Å². The molecule has 1 N–H and O–H groups in total. The number of ether oxygens (including phenoxy) is 1. The molecule has 2 heterocycles. The molecular weight excluding hydrogens is 212 g/mol. The van der Waals surface area contributed by atoms with E-state index in [2.05, 4.69) is 10.2 Å². The highest BCUT2D eigenvalue weighted by Gasteiger charge is 2.21. The highest BCUT2D eigenvalue weighted by atomic mass is 16.5. The first-order valence-electron chi connectivity index (χ1n) is 7.30. The molecule has 3 nitrogen and oxygen atoms in total. The molecule has 2 atom stereocenters. The van der Waals surface area contributed by atoms with Crippen LogP contribution in [0.25, 0.3) is 0 Å². The zero-order chi connectivity index (χ0) is 11.9. The van der Waals surface area contributed by atoms with Gasteiger partial charge in [-0.05, 0) is 57.2 Å². The molecule has 0 aromatic heterocycles. The van der Waals surface area contributed by atoms with Gasteiger partial charge in [-0.3, -0.25) is 0 Å². The fraction of sp³-hybridized carbons (Fsp3) is 1.00. The highest BCUT2D eigenvalue weighted by molar-refractivity contribution is 4.76. The van der Waals surface area contributed by atoms with E-state index in [4.69, 9.17) is 4.74 Å². The van der Waals surface area contributed by atoms with Crippen LogP contribution in [0.4, 0.5) is 0 Å². The first kappa shape index (κ1) is 13.3. The number of rotatable bonds is 4. The van der Waals surface area contributed by atoms with Crippen LogP contribution in [0.1, 0.15) is 32.1 Å². The topological polar surface area (TPSA) is 24.5 Å². The van der Waals surface area contributed by atoms with Gasteiger partial charge in [0.15, 0.2) is 0 Å². The summed E-state index contributed by atoms with van der Waals surface area (Å²) < 4.78 is 5.34. The Kier molecular flexibility index (Phi) is 5.75. The molecule has 2 saturated heterocycles. The largest absolute Gasteiger partial charge is 0.384 e. The summed E-state index contributed by atoms with van der Waals surface area (Å²) in [5.74, 6) is 1.64. The van der Waals surface area contributed by atoms with Gasteiger partial charge < -0.3 is 15.0 Å². The standard InChI is InChI=1S/C14H28N2O/c1-17-12-14-5-2-3-8-16(11-14)10-13-6-4-7-15-9-13/h13-15H,2-12H2,1H3. The second kappa shape index (κ2) is 7.34. The molecule has 100 valence electrons.